The zero-order valence-corrected chi connectivity index (χ0v) is 11.5. The first kappa shape index (κ1) is 14.4. The van der Waals surface area contributed by atoms with Gasteiger partial charge in [-0.3, -0.25) is 0 Å². The van der Waals surface area contributed by atoms with E-state index in [1.807, 2.05) is 0 Å². The molecular weight excluding hydrogens is 248 g/mol. The van der Waals surface area contributed by atoms with Crippen molar-refractivity contribution in [3.63, 3.8) is 0 Å². The Hall–Kier alpha value is -1.00. The molecule has 4 heteroatoms. The normalized spacial score (nSPS) is 20.2. The van der Waals surface area contributed by atoms with Crippen LogP contribution < -0.4 is 5.32 Å². The van der Waals surface area contributed by atoms with E-state index in [0.29, 0.717) is 0 Å². The van der Waals surface area contributed by atoms with Crippen molar-refractivity contribution in [3.8, 4) is 0 Å². The van der Waals surface area contributed by atoms with E-state index in [-0.39, 0.29) is 5.56 Å². The third-order valence-corrected chi connectivity index (χ3v) is 4.21. The topological polar surface area (TPSA) is 21.3 Å². The van der Waals surface area contributed by atoms with Gasteiger partial charge in [0, 0.05) is 12.7 Å². The van der Waals surface area contributed by atoms with Crippen LogP contribution in [0.5, 0.6) is 0 Å². The third kappa shape index (κ3) is 2.65. The molecule has 0 amide bonds. The van der Waals surface area contributed by atoms with Crippen molar-refractivity contribution >= 4 is 0 Å². The van der Waals surface area contributed by atoms with Crippen LogP contribution in [0.2, 0.25) is 0 Å². The van der Waals surface area contributed by atoms with Crippen molar-refractivity contribution in [3.05, 3.63) is 35.4 Å². The van der Waals surface area contributed by atoms with Crippen LogP contribution in [0.25, 0.3) is 0 Å². The van der Waals surface area contributed by atoms with Gasteiger partial charge < -0.3 is 10.1 Å². The predicted molar refractivity (Wildman–Crippen MR) is 71.0 cm³/mol. The quantitative estimate of drug-likeness (QED) is 0.902. The molecule has 0 aliphatic heterocycles. The van der Waals surface area contributed by atoms with Crippen LogP contribution in [0.1, 0.15) is 43.7 Å². The molecule has 1 fully saturated rings. The van der Waals surface area contributed by atoms with E-state index in [1.165, 1.54) is 18.2 Å². The second-order valence-electron chi connectivity index (χ2n) is 5.19. The maximum Gasteiger partial charge on any atom is 0.131 e. The molecule has 2 nitrogen and oxygen atoms in total. The monoisotopic (exact) mass is 269 g/mol. The lowest BCUT2D eigenvalue weighted by Gasteiger charge is -2.42. The Labute approximate surface area is 113 Å². The van der Waals surface area contributed by atoms with Crippen LogP contribution in [0.15, 0.2) is 18.2 Å². The van der Waals surface area contributed by atoms with E-state index in [2.05, 4.69) is 5.32 Å². The lowest BCUT2D eigenvalue weighted by Crippen LogP contribution is -2.46. The number of nitrogens with one attached hydrogen (secondary N) is 1. The maximum absolute atomic E-state index is 14.0. The fraction of sp³-hybridized carbons (Fsp3) is 0.600. The molecule has 0 spiro atoms. The van der Waals surface area contributed by atoms with Gasteiger partial charge in [0.25, 0.3) is 0 Å². The summed E-state index contributed by atoms with van der Waals surface area (Å²) in [5.41, 5.74) is -0.426. The lowest BCUT2D eigenvalue weighted by molar-refractivity contribution is -0.0686. The number of hydrogen-bond donors (Lipinski definition) is 1. The molecule has 0 radical (unpaired) electrons. The zero-order valence-electron chi connectivity index (χ0n) is 11.5. The Morgan fingerprint density at radius 2 is 1.74 bits per heavy atom. The molecule has 106 valence electrons. The van der Waals surface area contributed by atoms with E-state index in [9.17, 15) is 8.78 Å². The molecule has 1 aliphatic rings. The Kier molecular flexibility index (Phi) is 4.53. The summed E-state index contributed by atoms with van der Waals surface area (Å²) in [7, 11) is 3.36. The minimum Gasteiger partial charge on any atom is -0.376 e. The highest BCUT2D eigenvalue weighted by molar-refractivity contribution is 5.26. The van der Waals surface area contributed by atoms with Gasteiger partial charge in [0.2, 0.25) is 0 Å². The molecule has 2 rings (SSSR count). The first-order valence-corrected chi connectivity index (χ1v) is 6.81. The van der Waals surface area contributed by atoms with Gasteiger partial charge in [0.1, 0.15) is 11.6 Å². The van der Waals surface area contributed by atoms with Gasteiger partial charge in [-0.1, -0.05) is 25.3 Å². The van der Waals surface area contributed by atoms with Crippen LogP contribution in [0.3, 0.4) is 0 Å². The van der Waals surface area contributed by atoms with Crippen molar-refractivity contribution in [2.75, 3.05) is 14.2 Å². The number of halogens is 2. The van der Waals surface area contributed by atoms with Gasteiger partial charge in [0.15, 0.2) is 0 Å². The standard InChI is InChI=1S/C15H21F2NO/c1-18-14(13-11(16)7-6-8-12(13)17)15(19-2)9-4-3-5-10-15/h6-8,14,18H,3-5,9-10H2,1-2H3. The molecule has 1 N–H and O–H groups in total. The summed E-state index contributed by atoms with van der Waals surface area (Å²) in [6.07, 6.45) is 4.86. The zero-order chi connectivity index (χ0) is 13.9. The Bertz CT molecular complexity index is 410. The van der Waals surface area contributed by atoms with Gasteiger partial charge in [0.05, 0.1) is 11.6 Å². The molecule has 1 atom stereocenters. The van der Waals surface area contributed by atoms with Crippen LogP contribution >= 0.6 is 0 Å². The van der Waals surface area contributed by atoms with Gasteiger partial charge in [-0.25, -0.2) is 8.78 Å². The number of hydrogen-bond acceptors (Lipinski definition) is 2. The minimum absolute atomic E-state index is 0.0914. The summed E-state index contributed by atoms with van der Waals surface area (Å²) in [5.74, 6) is -1.03. The minimum atomic E-state index is -0.518. The molecular formula is C15H21F2NO. The number of likely N-dealkylation sites (N-methyl/N-ethyl adjacent to an activating group) is 1. The third-order valence-electron chi connectivity index (χ3n) is 4.21. The molecule has 1 aromatic carbocycles. The summed E-state index contributed by atoms with van der Waals surface area (Å²) < 4.78 is 33.7. The van der Waals surface area contributed by atoms with Crippen LogP contribution in [0.4, 0.5) is 8.78 Å². The Morgan fingerprint density at radius 1 is 1.16 bits per heavy atom. The average Bonchev–Trinajstić information content (AvgIpc) is 2.44. The van der Waals surface area contributed by atoms with E-state index in [4.69, 9.17) is 4.74 Å². The van der Waals surface area contributed by atoms with E-state index >= 15 is 0 Å². The summed E-state index contributed by atoms with van der Waals surface area (Å²) in [6.45, 7) is 0. The summed E-state index contributed by atoms with van der Waals surface area (Å²) >= 11 is 0. The van der Waals surface area contributed by atoms with Crippen LogP contribution in [-0.2, 0) is 4.74 Å². The van der Waals surface area contributed by atoms with Crippen LogP contribution in [0, 0.1) is 11.6 Å². The van der Waals surface area contributed by atoms with Gasteiger partial charge in [-0.2, -0.15) is 0 Å². The number of ether oxygens (including phenoxy) is 1. The second kappa shape index (κ2) is 5.97. The van der Waals surface area contributed by atoms with E-state index < -0.39 is 23.3 Å². The first-order chi connectivity index (χ1) is 9.14. The van der Waals surface area contributed by atoms with Crippen molar-refractivity contribution in [1.29, 1.82) is 0 Å². The highest BCUT2D eigenvalue weighted by Crippen LogP contribution is 2.42. The summed E-state index contributed by atoms with van der Waals surface area (Å²) in [6, 6.07) is 3.53. The van der Waals surface area contributed by atoms with E-state index in [0.717, 1.165) is 32.1 Å². The summed E-state index contributed by atoms with van der Waals surface area (Å²) in [5, 5.41) is 3.06. The molecule has 0 bridgehead atoms. The highest BCUT2D eigenvalue weighted by Gasteiger charge is 2.42. The number of benzene rings is 1. The van der Waals surface area contributed by atoms with Gasteiger partial charge >= 0.3 is 0 Å². The number of methoxy groups -OCH3 is 1. The molecule has 0 saturated heterocycles. The molecule has 0 aromatic heterocycles. The smallest absolute Gasteiger partial charge is 0.131 e. The van der Waals surface area contributed by atoms with Gasteiger partial charge in [-0.05, 0) is 32.0 Å². The van der Waals surface area contributed by atoms with E-state index in [1.54, 1.807) is 14.2 Å². The molecule has 0 heterocycles. The number of rotatable bonds is 4. The molecule has 1 unspecified atom stereocenters. The Balaban J connectivity index is 2.43. The largest absolute Gasteiger partial charge is 0.376 e. The maximum atomic E-state index is 14.0. The summed E-state index contributed by atoms with van der Waals surface area (Å²) in [4.78, 5) is 0. The second-order valence-corrected chi connectivity index (χ2v) is 5.19. The molecule has 1 aromatic rings. The highest BCUT2D eigenvalue weighted by atomic mass is 19.1. The SMILES string of the molecule is CNC(c1c(F)cccc1F)C1(OC)CCCCC1. The Morgan fingerprint density at radius 3 is 2.21 bits per heavy atom. The first-order valence-electron chi connectivity index (χ1n) is 6.81. The molecule has 1 aliphatic carbocycles. The van der Waals surface area contributed by atoms with Gasteiger partial charge in [-0.15, -0.1) is 0 Å². The van der Waals surface area contributed by atoms with Crippen molar-refractivity contribution in [1.82, 2.24) is 5.32 Å². The average molecular weight is 269 g/mol. The van der Waals surface area contributed by atoms with Crippen LogP contribution in [-0.4, -0.2) is 19.8 Å². The molecule has 19 heavy (non-hydrogen) atoms. The van der Waals surface area contributed by atoms with Crippen molar-refractivity contribution in [2.24, 2.45) is 0 Å². The van der Waals surface area contributed by atoms with Crippen molar-refractivity contribution in [2.45, 2.75) is 43.7 Å². The molecule has 1 saturated carbocycles. The predicted octanol–water partition coefficient (Wildman–Crippen LogP) is 3.57. The lowest BCUT2D eigenvalue weighted by atomic mass is 9.76. The van der Waals surface area contributed by atoms with Crippen molar-refractivity contribution < 1.29 is 13.5 Å². The fourth-order valence-electron chi connectivity index (χ4n) is 3.22. The fourth-order valence-corrected chi connectivity index (χ4v) is 3.22.